The average Bonchev–Trinajstić information content (AvgIpc) is 2.17. The number of halogens is 1. The van der Waals surface area contributed by atoms with Gasteiger partial charge in [-0.1, -0.05) is 12.1 Å². The SMILES string of the molecule is Cc1cccc(NC(=O)NC(=O)CCCl)c1. The number of benzene rings is 1. The molecule has 1 rings (SSSR count). The van der Waals surface area contributed by atoms with Crippen LogP contribution < -0.4 is 10.6 Å². The van der Waals surface area contributed by atoms with Crippen LogP contribution in [0.1, 0.15) is 12.0 Å². The van der Waals surface area contributed by atoms with Gasteiger partial charge in [0.25, 0.3) is 0 Å². The second-order valence-corrected chi connectivity index (χ2v) is 3.69. The third-order valence-corrected chi connectivity index (χ3v) is 2.04. The van der Waals surface area contributed by atoms with Crippen LogP contribution in [0.2, 0.25) is 0 Å². The Morgan fingerprint density at radius 3 is 2.75 bits per heavy atom. The number of imide groups is 1. The van der Waals surface area contributed by atoms with Crippen molar-refractivity contribution >= 4 is 29.2 Å². The lowest BCUT2D eigenvalue weighted by Gasteiger charge is -2.06. The second kappa shape index (κ2) is 6.12. The number of aryl methyl sites for hydroxylation is 1. The zero-order valence-electron chi connectivity index (χ0n) is 8.92. The van der Waals surface area contributed by atoms with Crippen molar-refractivity contribution in [2.24, 2.45) is 0 Å². The van der Waals surface area contributed by atoms with Crippen molar-refractivity contribution < 1.29 is 9.59 Å². The molecule has 1 aromatic carbocycles. The van der Waals surface area contributed by atoms with Gasteiger partial charge in [-0.15, -0.1) is 11.6 Å². The topological polar surface area (TPSA) is 58.2 Å². The molecule has 3 amide bonds. The molecule has 1 aromatic rings. The van der Waals surface area contributed by atoms with E-state index in [9.17, 15) is 9.59 Å². The summed E-state index contributed by atoms with van der Waals surface area (Å²) in [5, 5.41) is 4.73. The van der Waals surface area contributed by atoms with Gasteiger partial charge in [0.1, 0.15) is 0 Å². The van der Waals surface area contributed by atoms with Gasteiger partial charge in [-0.05, 0) is 24.6 Å². The number of hydrogen-bond donors (Lipinski definition) is 2. The van der Waals surface area contributed by atoms with Crippen LogP contribution >= 0.6 is 11.6 Å². The first kappa shape index (κ1) is 12.5. The molecule has 0 spiro atoms. The first-order chi connectivity index (χ1) is 7.61. The third-order valence-electron chi connectivity index (χ3n) is 1.85. The van der Waals surface area contributed by atoms with Crippen LogP contribution in [-0.2, 0) is 4.79 Å². The summed E-state index contributed by atoms with van der Waals surface area (Å²) in [6, 6.07) is 6.76. The first-order valence-electron chi connectivity index (χ1n) is 4.85. The first-order valence-corrected chi connectivity index (χ1v) is 5.38. The molecule has 0 aliphatic heterocycles. The van der Waals surface area contributed by atoms with Gasteiger partial charge in [0.15, 0.2) is 0 Å². The maximum absolute atomic E-state index is 11.3. The van der Waals surface area contributed by atoms with E-state index < -0.39 is 6.03 Å². The van der Waals surface area contributed by atoms with Crippen LogP contribution in [0.3, 0.4) is 0 Å². The van der Waals surface area contributed by atoms with Crippen molar-refractivity contribution in [3.63, 3.8) is 0 Å². The summed E-state index contributed by atoms with van der Waals surface area (Å²) >= 11 is 5.37. The van der Waals surface area contributed by atoms with E-state index in [0.29, 0.717) is 5.69 Å². The molecule has 16 heavy (non-hydrogen) atoms. The molecular formula is C11H13ClN2O2. The maximum atomic E-state index is 11.3. The Kier molecular flexibility index (Phi) is 4.79. The average molecular weight is 241 g/mol. The predicted octanol–water partition coefficient (Wildman–Crippen LogP) is 2.27. The van der Waals surface area contributed by atoms with Gasteiger partial charge in [-0.25, -0.2) is 4.79 Å². The Morgan fingerprint density at radius 2 is 2.12 bits per heavy atom. The van der Waals surface area contributed by atoms with Crippen LogP contribution in [0.4, 0.5) is 10.5 Å². The van der Waals surface area contributed by atoms with Gasteiger partial charge < -0.3 is 5.32 Å². The molecule has 86 valence electrons. The lowest BCUT2D eigenvalue weighted by molar-refractivity contribution is -0.119. The van der Waals surface area contributed by atoms with Crippen molar-refractivity contribution in [1.82, 2.24) is 5.32 Å². The minimum Gasteiger partial charge on any atom is -0.308 e. The highest BCUT2D eigenvalue weighted by molar-refractivity contribution is 6.19. The Morgan fingerprint density at radius 1 is 1.38 bits per heavy atom. The summed E-state index contributed by atoms with van der Waals surface area (Å²) in [4.78, 5) is 22.4. The molecule has 0 saturated carbocycles. The summed E-state index contributed by atoms with van der Waals surface area (Å²) in [6.45, 7) is 1.92. The molecular weight excluding hydrogens is 228 g/mol. The molecule has 0 saturated heterocycles. The zero-order valence-corrected chi connectivity index (χ0v) is 9.67. The van der Waals surface area contributed by atoms with Crippen molar-refractivity contribution in [3.05, 3.63) is 29.8 Å². The molecule has 0 unspecified atom stereocenters. The molecule has 0 atom stereocenters. The zero-order chi connectivity index (χ0) is 12.0. The van der Waals surface area contributed by atoms with E-state index in [-0.39, 0.29) is 18.2 Å². The minimum atomic E-state index is -0.541. The fraction of sp³-hybridized carbons (Fsp3) is 0.273. The summed E-state index contributed by atoms with van der Waals surface area (Å²) in [6.07, 6.45) is 0.128. The lowest BCUT2D eigenvalue weighted by atomic mass is 10.2. The van der Waals surface area contributed by atoms with E-state index in [1.807, 2.05) is 25.1 Å². The van der Waals surface area contributed by atoms with E-state index in [1.165, 1.54) is 0 Å². The minimum absolute atomic E-state index is 0.128. The number of carbonyl (C=O) groups excluding carboxylic acids is 2. The molecule has 0 aromatic heterocycles. The number of rotatable bonds is 3. The van der Waals surface area contributed by atoms with Crippen molar-refractivity contribution in [1.29, 1.82) is 0 Å². The fourth-order valence-corrected chi connectivity index (χ4v) is 1.33. The maximum Gasteiger partial charge on any atom is 0.325 e. The highest BCUT2D eigenvalue weighted by Crippen LogP contribution is 2.08. The van der Waals surface area contributed by atoms with E-state index in [4.69, 9.17) is 11.6 Å². The standard InChI is InChI=1S/C11H13ClN2O2/c1-8-3-2-4-9(7-8)13-11(16)14-10(15)5-6-12/h2-4,7H,5-6H2,1H3,(H2,13,14,15,16). The number of hydrogen-bond acceptors (Lipinski definition) is 2. The highest BCUT2D eigenvalue weighted by atomic mass is 35.5. The van der Waals surface area contributed by atoms with Gasteiger partial charge in [-0.3, -0.25) is 10.1 Å². The molecule has 4 nitrogen and oxygen atoms in total. The molecule has 0 bridgehead atoms. The monoisotopic (exact) mass is 240 g/mol. The predicted molar refractivity (Wildman–Crippen MR) is 63.7 cm³/mol. The van der Waals surface area contributed by atoms with E-state index in [1.54, 1.807) is 6.07 Å². The van der Waals surface area contributed by atoms with Crippen LogP contribution in [-0.4, -0.2) is 17.8 Å². The van der Waals surface area contributed by atoms with Crippen LogP contribution in [0, 0.1) is 6.92 Å². The van der Waals surface area contributed by atoms with E-state index >= 15 is 0 Å². The van der Waals surface area contributed by atoms with Crippen LogP contribution in [0.15, 0.2) is 24.3 Å². The number of urea groups is 1. The summed E-state index contributed by atoms with van der Waals surface area (Å²) in [5.41, 5.74) is 1.68. The van der Waals surface area contributed by atoms with Gasteiger partial charge >= 0.3 is 6.03 Å². The lowest BCUT2D eigenvalue weighted by Crippen LogP contribution is -2.34. The summed E-state index contributed by atoms with van der Waals surface area (Å²) < 4.78 is 0. The summed E-state index contributed by atoms with van der Waals surface area (Å²) in [5.74, 6) is -0.191. The summed E-state index contributed by atoms with van der Waals surface area (Å²) in [7, 11) is 0. The Labute approximate surface area is 99.0 Å². The largest absolute Gasteiger partial charge is 0.325 e. The smallest absolute Gasteiger partial charge is 0.308 e. The molecule has 0 aliphatic rings. The normalized spacial score (nSPS) is 9.62. The molecule has 0 aliphatic carbocycles. The molecule has 0 heterocycles. The molecule has 2 N–H and O–H groups in total. The second-order valence-electron chi connectivity index (χ2n) is 3.31. The number of anilines is 1. The Hall–Kier alpha value is -1.55. The van der Waals surface area contributed by atoms with Crippen molar-refractivity contribution in [2.75, 3.05) is 11.2 Å². The number of nitrogens with one attached hydrogen (secondary N) is 2. The fourth-order valence-electron chi connectivity index (χ4n) is 1.16. The van der Waals surface area contributed by atoms with Crippen LogP contribution in [0.25, 0.3) is 0 Å². The molecule has 0 radical (unpaired) electrons. The third kappa shape index (κ3) is 4.31. The van der Waals surface area contributed by atoms with Crippen LogP contribution in [0.5, 0.6) is 0 Å². The number of amides is 3. The van der Waals surface area contributed by atoms with Gasteiger partial charge in [-0.2, -0.15) is 0 Å². The molecule has 5 heteroatoms. The highest BCUT2D eigenvalue weighted by Gasteiger charge is 2.06. The molecule has 0 fully saturated rings. The Bertz CT molecular complexity index is 393. The van der Waals surface area contributed by atoms with E-state index in [0.717, 1.165) is 5.56 Å². The quantitative estimate of drug-likeness (QED) is 0.797. The van der Waals surface area contributed by atoms with Crippen molar-refractivity contribution in [2.45, 2.75) is 13.3 Å². The Balaban J connectivity index is 2.48. The van der Waals surface area contributed by atoms with Crippen molar-refractivity contribution in [3.8, 4) is 0 Å². The van der Waals surface area contributed by atoms with Gasteiger partial charge in [0.05, 0.1) is 0 Å². The van der Waals surface area contributed by atoms with E-state index in [2.05, 4.69) is 10.6 Å². The number of alkyl halides is 1. The number of carbonyl (C=O) groups is 2. The van der Waals surface area contributed by atoms with Gasteiger partial charge in [0, 0.05) is 18.0 Å². The van der Waals surface area contributed by atoms with Gasteiger partial charge in [0.2, 0.25) is 5.91 Å².